The molecule has 0 aliphatic carbocycles. The zero-order valence-corrected chi connectivity index (χ0v) is 11.9. The molecule has 0 aliphatic heterocycles. The Hall–Kier alpha value is -0.597. The first-order valence-corrected chi connectivity index (χ1v) is 4.51. The number of thiol groups is 1. The number of aryl methyl sites for hydroxylation is 1. The minimum absolute atomic E-state index is 0. The van der Waals surface area contributed by atoms with E-state index in [2.05, 4.69) is 48.8 Å². The number of rotatable bonds is 1. The first kappa shape index (κ1) is 11.5. The van der Waals surface area contributed by atoms with Crippen molar-refractivity contribution in [3.05, 3.63) is 42.2 Å². The number of aromatic nitrogens is 2. The summed E-state index contributed by atoms with van der Waals surface area (Å²) < 4.78 is 1.93. The largest absolute Gasteiger partial charge is 0.295 e. The average Bonchev–Trinajstić information content (AvgIpc) is 2.53. The molecule has 0 N–H and O–H groups in total. The molecule has 2 nitrogen and oxygen atoms in total. The number of hydrogen-bond acceptors (Lipinski definition) is 2. The predicted octanol–water partition coefficient (Wildman–Crippen LogP) is 2.47. The maximum atomic E-state index is 4.24. The molecule has 14 heavy (non-hydrogen) atoms. The molecular weight excluding hydrogens is 246 g/mol. The summed E-state index contributed by atoms with van der Waals surface area (Å²) in [6.07, 6.45) is 3.63. The van der Waals surface area contributed by atoms with Crippen molar-refractivity contribution in [3.8, 4) is 5.69 Å². The summed E-state index contributed by atoms with van der Waals surface area (Å²) in [6, 6.07) is 8.25. The Kier molecular flexibility index (Phi) is 3.90. The second-order valence-corrected chi connectivity index (χ2v) is 3.33. The first-order chi connectivity index (χ1) is 6.27. The minimum Gasteiger partial charge on any atom is -0.295 e. The van der Waals surface area contributed by atoms with Crippen LogP contribution < -0.4 is 0 Å². The van der Waals surface area contributed by atoms with E-state index >= 15 is 0 Å². The fraction of sp³-hybridized carbons (Fsp3) is 0.100. The molecule has 0 saturated carbocycles. The first-order valence-electron chi connectivity index (χ1n) is 4.07. The van der Waals surface area contributed by atoms with Gasteiger partial charge in [0.15, 0.2) is 5.16 Å². The number of hydrogen-bond donors (Lipinski definition) is 1. The topological polar surface area (TPSA) is 17.8 Å². The van der Waals surface area contributed by atoms with Crippen molar-refractivity contribution < 1.29 is 19.5 Å². The summed E-state index contributed by atoms with van der Waals surface area (Å²) in [5.74, 6) is 0. The molecule has 0 aliphatic rings. The van der Waals surface area contributed by atoms with Gasteiger partial charge in [0, 0.05) is 37.6 Å². The molecule has 1 aromatic carbocycles. The van der Waals surface area contributed by atoms with Crippen molar-refractivity contribution in [1.82, 2.24) is 9.55 Å². The Morgan fingerprint density at radius 2 is 1.86 bits per heavy atom. The third-order valence-corrected chi connectivity index (χ3v) is 2.26. The molecule has 1 heterocycles. The van der Waals surface area contributed by atoms with Crippen LogP contribution in [0.2, 0.25) is 0 Å². The van der Waals surface area contributed by atoms with Gasteiger partial charge in [0.05, 0.1) is 0 Å². The van der Waals surface area contributed by atoms with Gasteiger partial charge in [-0.25, -0.2) is 4.98 Å². The van der Waals surface area contributed by atoms with Crippen LogP contribution in [0.15, 0.2) is 41.8 Å². The maximum Gasteiger partial charge on any atom is 0.169 e. The summed E-state index contributed by atoms with van der Waals surface area (Å²) in [4.78, 5) is 4.04. The summed E-state index contributed by atoms with van der Waals surface area (Å²) in [6.45, 7) is 2.07. The van der Waals surface area contributed by atoms with Gasteiger partial charge in [0.1, 0.15) is 0 Å². The maximum absolute atomic E-state index is 4.24. The zero-order valence-electron chi connectivity index (χ0n) is 8.01. The van der Waals surface area contributed by atoms with Gasteiger partial charge in [-0.15, -0.1) is 12.6 Å². The fourth-order valence-electron chi connectivity index (χ4n) is 1.20. The fourth-order valence-corrected chi connectivity index (χ4v) is 1.45. The SMILES string of the molecule is Cc1ccc(-n2ccnc2S)cc1.[Zn]. The van der Waals surface area contributed by atoms with Crippen LogP contribution in [-0.4, -0.2) is 9.55 Å². The molecule has 0 unspecified atom stereocenters. The van der Waals surface area contributed by atoms with E-state index < -0.39 is 0 Å². The predicted molar refractivity (Wildman–Crippen MR) is 55.6 cm³/mol. The molecule has 0 saturated heterocycles. The average molecular weight is 256 g/mol. The number of nitrogens with zero attached hydrogens (tertiary/aromatic N) is 2. The van der Waals surface area contributed by atoms with Gasteiger partial charge in [-0.3, -0.25) is 4.57 Å². The quantitative estimate of drug-likeness (QED) is 0.612. The Labute approximate surface area is 102 Å². The van der Waals surface area contributed by atoms with Gasteiger partial charge in [-0.2, -0.15) is 0 Å². The third-order valence-electron chi connectivity index (χ3n) is 1.93. The molecule has 68 valence electrons. The Balaban J connectivity index is 0.000000980. The van der Waals surface area contributed by atoms with Gasteiger partial charge in [0.2, 0.25) is 0 Å². The number of benzene rings is 1. The van der Waals surface area contributed by atoms with Gasteiger partial charge >= 0.3 is 0 Å². The Morgan fingerprint density at radius 3 is 2.36 bits per heavy atom. The van der Waals surface area contributed by atoms with E-state index in [1.807, 2.05) is 10.8 Å². The zero-order chi connectivity index (χ0) is 9.26. The van der Waals surface area contributed by atoms with Crippen molar-refractivity contribution in [2.45, 2.75) is 12.1 Å². The van der Waals surface area contributed by atoms with E-state index in [0.717, 1.165) is 5.69 Å². The van der Waals surface area contributed by atoms with Gasteiger partial charge < -0.3 is 0 Å². The van der Waals surface area contributed by atoms with E-state index in [-0.39, 0.29) is 19.5 Å². The van der Waals surface area contributed by atoms with Gasteiger partial charge in [-0.05, 0) is 19.1 Å². The molecule has 0 bridgehead atoms. The summed E-state index contributed by atoms with van der Waals surface area (Å²) in [5, 5.41) is 0.712. The smallest absolute Gasteiger partial charge is 0.169 e. The normalized spacial score (nSPS) is 9.57. The van der Waals surface area contributed by atoms with E-state index in [1.54, 1.807) is 6.20 Å². The molecule has 0 amide bonds. The van der Waals surface area contributed by atoms with E-state index in [9.17, 15) is 0 Å². The molecule has 0 atom stereocenters. The molecule has 0 radical (unpaired) electrons. The van der Waals surface area contributed by atoms with Crippen LogP contribution in [0.1, 0.15) is 5.56 Å². The van der Waals surface area contributed by atoms with Crippen LogP contribution in [0.25, 0.3) is 5.69 Å². The van der Waals surface area contributed by atoms with E-state index in [4.69, 9.17) is 0 Å². The number of imidazole rings is 1. The molecule has 2 aromatic rings. The summed E-state index contributed by atoms with van der Waals surface area (Å²) in [7, 11) is 0. The van der Waals surface area contributed by atoms with Crippen LogP contribution in [0.3, 0.4) is 0 Å². The Bertz CT molecular complexity index is 408. The second-order valence-electron chi connectivity index (χ2n) is 2.93. The molecule has 2 rings (SSSR count). The van der Waals surface area contributed by atoms with Crippen LogP contribution in [0, 0.1) is 6.92 Å². The molecule has 1 aromatic heterocycles. The van der Waals surface area contributed by atoms with Crippen LogP contribution in [0.5, 0.6) is 0 Å². The standard InChI is InChI=1S/C10H10N2S.Zn/c1-8-2-4-9(5-3-8)12-7-6-11-10(12)13;/h2-7H,1H3,(H,11,13);. The summed E-state index contributed by atoms with van der Waals surface area (Å²) >= 11 is 4.24. The Morgan fingerprint density at radius 1 is 1.21 bits per heavy atom. The van der Waals surface area contributed by atoms with Crippen molar-refractivity contribution in [1.29, 1.82) is 0 Å². The molecule has 0 fully saturated rings. The molecular formula is C10H10N2SZn. The minimum atomic E-state index is 0. The van der Waals surface area contributed by atoms with Crippen LogP contribution >= 0.6 is 12.6 Å². The van der Waals surface area contributed by atoms with Gasteiger partial charge in [-0.1, -0.05) is 17.7 Å². The van der Waals surface area contributed by atoms with Crippen LogP contribution in [-0.2, 0) is 19.5 Å². The van der Waals surface area contributed by atoms with Crippen molar-refractivity contribution >= 4 is 12.6 Å². The molecule has 0 spiro atoms. The van der Waals surface area contributed by atoms with Crippen LogP contribution in [0.4, 0.5) is 0 Å². The second kappa shape index (κ2) is 4.76. The van der Waals surface area contributed by atoms with Crippen molar-refractivity contribution in [2.75, 3.05) is 0 Å². The third kappa shape index (κ3) is 2.25. The van der Waals surface area contributed by atoms with E-state index in [1.165, 1.54) is 5.56 Å². The summed E-state index contributed by atoms with van der Waals surface area (Å²) in [5.41, 5.74) is 2.35. The molecule has 4 heteroatoms. The van der Waals surface area contributed by atoms with Crippen molar-refractivity contribution in [2.24, 2.45) is 0 Å². The monoisotopic (exact) mass is 254 g/mol. The van der Waals surface area contributed by atoms with E-state index in [0.29, 0.717) is 5.16 Å². The van der Waals surface area contributed by atoms with Gasteiger partial charge in [0.25, 0.3) is 0 Å². The van der Waals surface area contributed by atoms with Crippen molar-refractivity contribution in [3.63, 3.8) is 0 Å².